The zero-order chi connectivity index (χ0) is 21.2. The molecule has 0 radical (unpaired) electrons. The van der Waals surface area contributed by atoms with Crippen LogP contribution in [0.3, 0.4) is 0 Å². The summed E-state index contributed by atoms with van der Waals surface area (Å²) in [6, 6.07) is 7.31. The lowest BCUT2D eigenvalue weighted by Gasteiger charge is -2.15. The molecule has 1 aromatic carbocycles. The van der Waals surface area contributed by atoms with E-state index in [0.29, 0.717) is 27.8 Å². The van der Waals surface area contributed by atoms with Crippen molar-refractivity contribution >= 4 is 38.1 Å². The van der Waals surface area contributed by atoms with Gasteiger partial charge >= 0.3 is 5.97 Å². The van der Waals surface area contributed by atoms with Crippen molar-refractivity contribution in [3.8, 4) is 17.0 Å². The van der Waals surface area contributed by atoms with E-state index in [-0.39, 0.29) is 16.7 Å². The van der Waals surface area contributed by atoms with Crippen molar-refractivity contribution in [2.24, 2.45) is 5.14 Å². The summed E-state index contributed by atoms with van der Waals surface area (Å²) in [7, 11) is -3.88. The van der Waals surface area contributed by atoms with Crippen molar-refractivity contribution in [2.75, 3.05) is 5.32 Å². The largest absolute Gasteiger partial charge is 0.489 e. The molecule has 0 aliphatic heterocycles. The number of ether oxygens (including phenoxy) is 1. The van der Waals surface area contributed by atoms with Crippen molar-refractivity contribution in [2.45, 2.75) is 24.8 Å². The molecule has 0 aliphatic carbocycles. The second-order valence-electron chi connectivity index (χ2n) is 6.27. The lowest BCUT2D eigenvalue weighted by Crippen LogP contribution is -2.13. The van der Waals surface area contributed by atoms with Crippen LogP contribution < -0.4 is 15.2 Å². The summed E-state index contributed by atoms with van der Waals surface area (Å²) in [6.07, 6.45) is 1.30. The number of nitrogens with one attached hydrogen (secondary N) is 1. The number of hydrogen-bond acceptors (Lipinski definition) is 8. The summed E-state index contributed by atoms with van der Waals surface area (Å²) in [5, 5.41) is 19.5. The molecule has 0 saturated heterocycles. The molecule has 11 heteroatoms. The van der Waals surface area contributed by atoms with Crippen LogP contribution >= 0.6 is 11.3 Å². The van der Waals surface area contributed by atoms with Gasteiger partial charge in [-0.3, -0.25) is 0 Å². The van der Waals surface area contributed by atoms with Crippen LogP contribution in [-0.4, -0.2) is 35.6 Å². The number of rotatable bonds is 7. The standard InChI is InChI=1S/C18H18N4O5S2/c1-10(2)27-16-6-4-12(29(19,25)26)7-14(16)21-18-22-15(9-28-18)11-3-5-13(17(23)24)20-8-11/h3-10H,1-2H3,(H,21,22)(H,23,24)(H2,19,25,26). The van der Waals surface area contributed by atoms with Crippen LogP contribution in [-0.2, 0) is 10.0 Å². The fourth-order valence-corrected chi connectivity index (χ4v) is 3.66. The highest BCUT2D eigenvalue weighted by Crippen LogP contribution is 2.33. The zero-order valence-electron chi connectivity index (χ0n) is 15.5. The van der Waals surface area contributed by atoms with Gasteiger partial charge in [0, 0.05) is 17.1 Å². The highest BCUT2D eigenvalue weighted by molar-refractivity contribution is 7.89. The normalized spacial score (nSPS) is 11.4. The number of aromatic carboxylic acids is 1. The Balaban J connectivity index is 1.90. The molecule has 0 saturated carbocycles. The first kappa shape index (κ1) is 20.7. The number of thiazole rings is 1. The van der Waals surface area contributed by atoms with Crippen molar-refractivity contribution in [1.29, 1.82) is 0 Å². The summed E-state index contributed by atoms with van der Waals surface area (Å²) < 4.78 is 29.1. The highest BCUT2D eigenvalue weighted by Gasteiger charge is 2.15. The molecule has 0 fully saturated rings. The SMILES string of the molecule is CC(C)Oc1ccc(S(N)(=O)=O)cc1Nc1nc(-c2ccc(C(=O)O)nc2)cs1. The van der Waals surface area contributed by atoms with E-state index >= 15 is 0 Å². The van der Waals surface area contributed by atoms with E-state index in [4.69, 9.17) is 15.0 Å². The second-order valence-corrected chi connectivity index (χ2v) is 8.69. The van der Waals surface area contributed by atoms with Gasteiger partial charge in [0.25, 0.3) is 0 Å². The molecule has 29 heavy (non-hydrogen) atoms. The Morgan fingerprint density at radius 2 is 2.03 bits per heavy atom. The molecule has 0 bridgehead atoms. The van der Waals surface area contributed by atoms with Gasteiger partial charge in [-0.15, -0.1) is 11.3 Å². The molecule has 0 unspecified atom stereocenters. The molecular weight excluding hydrogens is 416 g/mol. The number of primary sulfonamides is 1. The lowest BCUT2D eigenvalue weighted by atomic mass is 10.2. The van der Waals surface area contributed by atoms with Gasteiger partial charge in [-0.2, -0.15) is 0 Å². The van der Waals surface area contributed by atoms with Crippen LogP contribution in [0.5, 0.6) is 5.75 Å². The van der Waals surface area contributed by atoms with Crippen LogP contribution in [0.25, 0.3) is 11.3 Å². The zero-order valence-corrected chi connectivity index (χ0v) is 17.1. The Labute approximate surface area is 171 Å². The first-order valence-corrected chi connectivity index (χ1v) is 10.8. The molecule has 2 aromatic heterocycles. The number of benzene rings is 1. The monoisotopic (exact) mass is 434 g/mol. The molecule has 0 aliphatic rings. The summed E-state index contributed by atoms with van der Waals surface area (Å²) >= 11 is 1.29. The van der Waals surface area contributed by atoms with E-state index in [0.717, 1.165) is 0 Å². The molecule has 4 N–H and O–H groups in total. The van der Waals surface area contributed by atoms with Gasteiger partial charge in [0.2, 0.25) is 10.0 Å². The number of nitrogens with zero attached hydrogens (tertiary/aromatic N) is 2. The fourth-order valence-electron chi connectivity index (χ4n) is 2.39. The minimum absolute atomic E-state index is 0.0543. The van der Waals surface area contributed by atoms with Gasteiger partial charge in [-0.05, 0) is 44.2 Å². The maximum absolute atomic E-state index is 11.7. The third-order valence-corrected chi connectivity index (χ3v) is 5.34. The smallest absolute Gasteiger partial charge is 0.354 e. The molecule has 3 aromatic rings. The summed E-state index contributed by atoms with van der Waals surface area (Å²) in [5.41, 5.74) is 1.59. The van der Waals surface area contributed by atoms with Crippen LogP contribution in [0.2, 0.25) is 0 Å². The average molecular weight is 434 g/mol. The number of nitrogens with two attached hydrogens (primary N) is 1. The minimum atomic E-state index is -3.88. The van der Waals surface area contributed by atoms with E-state index in [1.807, 2.05) is 13.8 Å². The molecule has 9 nitrogen and oxygen atoms in total. The third-order valence-electron chi connectivity index (χ3n) is 3.67. The molecule has 152 valence electrons. The Kier molecular flexibility index (Phi) is 5.82. The Morgan fingerprint density at radius 3 is 2.62 bits per heavy atom. The number of aromatic nitrogens is 2. The second kappa shape index (κ2) is 8.15. The van der Waals surface area contributed by atoms with Crippen LogP contribution in [0.1, 0.15) is 24.3 Å². The first-order valence-electron chi connectivity index (χ1n) is 8.39. The van der Waals surface area contributed by atoms with Crippen molar-refractivity contribution in [1.82, 2.24) is 9.97 Å². The van der Waals surface area contributed by atoms with Gasteiger partial charge in [0.15, 0.2) is 5.13 Å². The predicted octanol–water partition coefficient (Wildman–Crippen LogP) is 3.08. The summed E-state index contributed by atoms with van der Waals surface area (Å²) in [4.78, 5) is 19.2. The lowest BCUT2D eigenvalue weighted by molar-refractivity contribution is 0.0690. The summed E-state index contributed by atoms with van der Waals surface area (Å²) in [5.74, 6) is -0.652. The van der Waals surface area contributed by atoms with E-state index < -0.39 is 16.0 Å². The Morgan fingerprint density at radius 1 is 1.28 bits per heavy atom. The number of carboxylic acids is 1. The maximum Gasteiger partial charge on any atom is 0.354 e. The number of hydrogen-bond donors (Lipinski definition) is 3. The van der Waals surface area contributed by atoms with Crippen molar-refractivity contribution in [3.05, 3.63) is 47.6 Å². The first-order chi connectivity index (χ1) is 13.6. The number of carbonyl (C=O) groups is 1. The highest BCUT2D eigenvalue weighted by atomic mass is 32.2. The fraction of sp³-hybridized carbons (Fsp3) is 0.167. The number of sulfonamides is 1. The van der Waals surface area contributed by atoms with Gasteiger partial charge in [-0.1, -0.05) is 0 Å². The van der Waals surface area contributed by atoms with Crippen molar-refractivity contribution < 1.29 is 23.1 Å². The van der Waals surface area contributed by atoms with Gasteiger partial charge in [0.1, 0.15) is 11.4 Å². The summed E-state index contributed by atoms with van der Waals surface area (Å²) in [6.45, 7) is 3.71. The quantitative estimate of drug-likeness (QED) is 0.514. The van der Waals surface area contributed by atoms with Gasteiger partial charge < -0.3 is 15.2 Å². The third kappa shape index (κ3) is 5.08. The van der Waals surface area contributed by atoms with Crippen LogP contribution in [0.4, 0.5) is 10.8 Å². The van der Waals surface area contributed by atoms with Crippen molar-refractivity contribution in [3.63, 3.8) is 0 Å². The van der Waals surface area contributed by atoms with Gasteiger partial charge in [-0.25, -0.2) is 28.3 Å². The van der Waals surface area contributed by atoms with Gasteiger partial charge in [0.05, 0.1) is 22.4 Å². The maximum atomic E-state index is 11.7. The molecular formula is C18H18N4O5S2. The molecule has 0 spiro atoms. The van der Waals surface area contributed by atoms with E-state index in [1.165, 1.54) is 41.8 Å². The Hall–Kier alpha value is -3.02. The molecule has 2 heterocycles. The van der Waals surface area contributed by atoms with E-state index in [9.17, 15) is 13.2 Å². The van der Waals surface area contributed by atoms with Crippen LogP contribution in [0.15, 0.2) is 46.8 Å². The topological polar surface area (TPSA) is 144 Å². The average Bonchev–Trinajstić information content (AvgIpc) is 3.10. The predicted molar refractivity (Wildman–Crippen MR) is 109 cm³/mol. The molecule has 3 rings (SSSR count). The minimum Gasteiger partial charge on any atom is -0.489 e. The molecule has 0 atom stereocenters. The number of pyridine rings is 1. The Bertz CT molecular complexity index is 1140. The van der Waals surface area contributed by atoms with E-state index in [1.54, 1.807) is 11.4 Å². The van der Waals surface area contributed by atoms with Crippen LogP contribution in [0, 0.1) is 0 Å². The number of anilines is 2. The molecule has 0 amide bonds. The van der Waals surface area contributed by atoms with E-state index in [2.05, 4.69) is 15.3 Å². The number of carboxylic acid groups (broad SMARTS) is 1.